The number of amides is 1. The van der Waals surface area contributed by atoms with E-state index in [0.29, 0.717) is 35.4 Å². The van der Waals surface area contributed by atoms with Gasteiger partial charge < -0.3 is 28.4 Å². The average molecular weight is 456 g/mol. The lowest BCUT2D eigenvalue weighted by atomic mass is 10.1. The average Bonchev–Trinajstić information content (AvgIpc) is 3.48. The lowest BCUT2D eigenvalue weighted by molar-refractivity contribution is -0.917. The Morgan fingerprint density at radius 3 is 2.69 bits per heavy atom. The van der Waals surface area contributed by atoms with E-state index in [1.807, 2.05) is 29.2 Å². The first-order valence-electron chi connectivity index (χ1n) is 10.6. The second-order valence-corrected chi connectivity index (χ2v) is 8.30. The third-order valence-electron chi connectivity index (χ3n) is 5.73. The molecule has 0 spiro atoms. The van der Waals surface area contributed by atoms with Gasteiger partial charge in [-0.1, -0.05) is 23.7 Å². The molecule has 0 bridgehead atoms. The standard InChI is InChI=1S/C24H23ClN2O5/c25-19-3-1-2-4-20(19)29-15-18-6-8-22(32-18)24(28)27-11-9-26(10-12-27)14-17-5-7-21-23(13-17)31-16-30-21/h1-8,13H,9-12,14-16H2/p+1. The third kappa shape index (κ3) is 4.54. The molecule has 1 N–H and O–H groups in total. The highest BCUT2D eigenvalue weighted by Crippen LogP contribution is 2.32. The summed E-state index contributed by atoms with van der Waals surface area (Å²) < 4.78 is 22.3. The van der Waals surface area contributed by atoms with Crippen LogP contribution in [0.5, 0.6) is 17.2 Å². The minimum absolute atomic E-state index is 0.0869. The number of nitrogens with one attached hydrogen (secondary N) is 1. The number of halogens is 1. The van der Waals surface area contributed by atoms with Crippen LogP contribution in [0.1, 0.15) is 21.9 Å². The van der Waals surface area contributed by atoms with E-state index in [9.17, 15) is 4.79 Å². The Hall–Kier alpha value is -3.16. The number of hydrogen-bond acceptors (Lipinski definition) is 5. The van der Waals surface area contributed by atoms with Gasteiger partial charge in [-0.25, -0.2) is 0 Å². The summed E-state index contributed by atoms with van der Waals surface area (Å²) in [6, 6.07) is 16.8. The molecule has 2 aliphatic rings. The molecule has 0 unspecified atom stereocenters. The first kappa shape index (κ1) is 20.7. The summed E-state index contributed by atoms with van der Waals surface area (Å²) in [7, 11) is 0. The normalized spacial score (nSPS) is 15.7. The summed E-state index contributed by atoms with van der Waals surface area (Å²) in [4.78, 5) is 16.1. The van der Waals surface area contributed by atoms with Crippen LogP contribution in [-0.2, 0) is 13.2 Å². The largest absolute Gasteiger partial charge is 0.484 e. The Morgan fingerprint density at radius 1 is 1.03 bits per heavy atom. The van der Waals surface area contributed by atoms with Crippen molar-refractivity contribution in [1.29, 1.82) is 0 Å². The van der Waals surface area contributed by atoms with Gasteiger partial charge in [-0.2, -0.15) is 0 Å². The molecule has 1 amide bonds. The summed E-state index contributed by atoms with van der Waals surface area (Å²) in [6.45, 7) is 4.52. The van der Waals surface area contributed by atoms with E-state index < -0.39 is 0 Å². The number of rotatable bonds is 6. The molecule has 2 aliphatic heterocycles. The van der Waals surface area contributed by atoms with Crippen LogP contribution in [-0.4, -0.2) is 43.8 Å². The molecule has 5 rings (SSSR count). The molecule has 166 valence electrons. The van der Waals surface area contributed by atoms with Crippen LogP contribution in [0.25, 0.3) is 0 Å². The molecule has 0 saturated carbocycles. The van der Waals surface area contributed by atoms with Gasteiger partial charge in [-0.15, -0.1) is 0 Å². The highest BCUT2D eigenvalue weighted by atomic mass is 35.5. The van der Waals surface area contributed by atoms with Gasteiger partial charge in [0, 0.05) is 5.56 Å². The summed E-state index contributed by atoms with van der Waals surface area (Å²) in [5.74, 6) is 3.02. The van der Waals surface area contributed by atoms with Gasteiger partial charge in [0.15, 0.2) is 17.3 Å². The number of carbonyl (C=O) groups excluding carboxylic acids is 1. The number of nitrogens with zero attached hydrogens (tertiary/aromatic N) is 1. The number of benzene rings is 2. The SMILES string of the molecule is O=C(c1ccc(COc2ccccc2Cl)o1)N1CC[NH+](Cc2ccc3c(c2)OCO3)CC1. The molecule has 7 nitrogen and oxygen atoms in total. The van der Waals surface area contributed by atoms with Crippen molar-refractivity contribution >= 4 is 17.5 Å². The van der Waals surface area contributed by atoms with E-state index in [2.05, 4.69) is 6.07 Å². The zero-order valence-corrected chi connectivity index (χ0v) is 18.3. The first-order valence-corrected chi connectivity index (χ1v) is 11.0. The summed E-state index contributed by atoms with van der Waals surface area (Å²) in [5, 5.41) is 0.538. The Labute approximate surface area is 191 Å². The molecule has 2 aromatic carbocycles. The maximum absolute atomic E-state index is 12.9. The van der Waals surface area contributed by atoms with Crippen LogP contribution >= 0.6 is 11.6 Å². The van der Waals surface area contributed by atoms with Crippen LogP contribution in [0.15, 0.2) is 59.0 Å². The van der Waals surface area contributed by atoms with E-state index >= 15 is 0 Å². The van der Waals surface area contributed by atoms with E-state index in [0.717, 1.165) is 31.1 Å². The molecule has 0 aliphatic carbocycles. The summed E-state index contributed by atoms with van der Waals surface area (Å²) in [5.41, 5.74) is 1.21. The van der Waals surface area contributed by atoms with E-state index in [-0.39, 0.29) is 19.3 Å². The lowest BCUT2D eigenvalue weighted by Gasteiger charge is -2.31. The second kappa shape index (κ2) is 9.14. The molecule has 1 aromatic heterocycles. The van der Waals surface area contributed by atoms with Crippen molar-refractivity contribution in [2.45, 2.75) is 13.2 Å². The molecule has 8 heteroatoms. The third-order valence-corrected chi connectivity index (χ3v) is 6.04. The molecule has 1 saturated heterocycles. The number of ether oxygens (including phenoxy) is 3. The van der Waals surface area contributed by atoms with Gasteiger partial charge in [-0.05, 0) is 42.5 Å². The van der Waals surface area contributed by atoms with Crippen molar-refractivity contribution in [3.8, 4) is 17.2 Å². The number of furan rings is 1. The van der Waals surface area contributed by atoms with Crippen molar-refractivity contribution in [2.75, 3.05) is 33.0 Å². The van der Waals surface area contributed by atoms with Crippen LogP contribution in [0.3, 0.4) is 0 Å². The lowest BCUT2D eigenvalue weighted by Crippen LogP contribution is -3.13. The molecule has 0 atom stereocenters. The fraction of sp³-hybridized carbons (Fsp3) is 0.292. The minimum Gasteiger partial charge on any atom is -0.484 e. The monoisotopic (exact) mass is 455 g/mol. The van der Waals surface area contributed by atoms with Gasteiger partial charge >= 0.3 is 0 Å². The van der Waals surface area contributed by atoms with Crippen LogP contribution in [0.4, 0.5) is 0 Å². The predicted molar refractivity (Wildman–Crippen MR) is 117 cm³/mol. The van der Waals surface area contributed by atoms with Gasteiger partial charge in [-0.3, -0.25) is 4.79 Å². The van der Waals surface area contributed by atoms with Gasteiger partial charge in [0.25, 0.3) is 5.91 Å². The van der Waals surface area contributed by atoms with Crippen molar-refractivity contribution in [3.63, 3.8) is 0 Å². The van der Waals surface area contributed by atoms with E-state index in [1.54, 1.807) is 24.3 Å². The van der Waals surface area contributed by atoms with Gasteiger partial charge in [0.2, 0.25) is 6.79 Å². The van der Waals surface area contributed by atoms with Crippen LogP contribution in [0.2, 0.25) is 5.02 Å². The zero-order chi connectivity index (χ0) is 21.9. The van der Waals surface area contributed by atoms with Crippen LogP contribution in [0, 0.1) is 0 Å². The number of para-hydroxylation sites is 1. The minimum atomic E-state index is -0.0869. The molecular formula is C24H24ClN2O5+. The molecular weight excluding hydrogens is 432 g/mol. The van der Waals surface area contributed by atoms with Crippen molar-refractivity contribution < 1.29 is 28.3 Å². The number of fused-ring (bicyclic) bond motifs is 1. The fourth-order valence-electron chi connectivity index (χ4n) is 3.98. The van der Waals surface area contributed by atoms with Crippen molar-refractivity contribution in [3.05, 3.63) is 76.7 Å². The van der Waals surface area contributed by atoms with E-state index in [4.69, 9.17) is 30.2 Å². The summed E-state index contributed by atoms with van der Waals surface area (Å²) in [6.07, 6.45) is 0. The van der Waals surface area contributed by atoms with E-state index in [1.165, 1.54) is 10.5 Å². The van der Waals surface area contributed by atoms with Crippen molar-refractivity contribution in [1.82, 2.24) is 4.90 Å². The number of piperazine rings is 1. The molecule has 0 radical (unpaired) electrons. The van der Waals surface area contributed by atoms with Crippen molar-refractivity contribution in [2.24, 2.45) is 0 Å². The van der Waals surface area contributed by atoms with Gasteiger partial charge in [0.05, 0.1) is 31.2 Å². The number of carbonyl (C=O) groups is 1. The summed E-state index contributed by atoms with van der Waals surface area (Å²) >= 11 is 6.11. The molecule has 3 heterocycles. The number of hydrogen-bond donors (Lipinski definition) is 1. The maximum atomic E-state index is 12.9. The quantitative estimate of drug-likeness (QED) is 0.619. The highest BCUT2D eigenvalue weighted by molar-refractivity contribution is 6.32. The Bertz CT molecular complexity index is 1110. The molecule has 3 aromatic rings. The Morgan fingerprint density at radius 2 is 1.84 bits per heavy atom. The fourth-order valence-corrected chi connectivity index (χ4v) is 4.17. The number of quaternary nitrogens is 1. The Kier molecular flexibility index (Phi) is 5.92. The zero-order valence-electron chi connectivity index (χ0n) is 17.5. The predicted octanol–water partition coefficient (Wildman–Crippen LogP) is 2.78. The molecule has 32 heavy (non-hydrogen) atoms. The maximum Gasteiger partial charge on any atom is 0.289 e. The molecule has 1 fully saturated rings. The van der Waals surface area contributed by atoms with Crippen LogP contribution < -0.4 is 19.1 Å². The smallest absolute Gasteiger partial charge is 0.289 e. The highest BCUT2D eigenvalue weighted by Gasteiger charge is 2.27. The first-order chi connectivity index (χ1) is 15.7. The Balaban J connectivity index is 1.12. The topological polar surface area (TPSA) is 65.6 Å². The van der Waals surface area contributed by atoms with Gasteiger partial charge in [0.1, 0.15) is 24.7 Å². The second-order valence-electron chi connectivity index (χ2n) is 7.89.